The molecule has 5 atom stereocenters. The number of esters is 1. The SMILES string of the molecule is CC(C)C[C@@H](C(=O)N[C@H](C(=O)OC1CCCC1)c1ccccc1)[C@H](O)C(=O)COCc1ccc(NC(=O)OC2CCC[C@]3(C2)OOC2(O3)C3CC4CC(C3)CC2C4)cc1. The van der Waals surface area contributed by atoms with E-state index < -0.39 is 60.0 Å². The molecule has 1 heterocycles. The van der Waals surface area contributed by atoms with E-state index in [4.69, 9.17) is 28.7 Å². The van der Waals surface area contributed by atoms with E-state index in [1.54, 1.807) is 48.5 Å². The minimum Gasteiger partial charge on any atom is -0.461 e. The van der Waals surface area contributed by atoms with Crippen LogP contribution in [0.25, 0.3) is 0 Å². The van der Waals surface area contributed by atoms with E-state index in [1.165, 1.54) is 6.42 Å². The number of carbonyl (C=O) groups is 4. The average molecular weight is 817 g/mol. The zero-order chi connectivity index (χ0) is 41.1. The lowest BCUT2D eigenvalue weighted by Crippen LogP contribution is -2.59. The molecule has 2 spiro atoms. The highest BCUT2D eigenvalue weighted by atomic mass is 17.3. The van der Waals surface area contributed by atoms with Crippen molar-refractivity contribution in [3.05, 3.63) is 65.7 Å². The Balaban J connectivity index is 0.795. The first-order valence-electron chi connectivity index (χ1n) is 22.0. The van der Waals surface area contributed by atoms with Gasteiger partial charge in [-0.3, -0.25) is 14.9 Å². The van der Waals surface area contributed by atoms with Crippen LogP contribution in [0.15, 0.2) is 54.6 Å². The third-order valence-electron chi connectivity index (χ3n) is 13.6. The smallest absolute Gasteiger partial charge is 0.411 e. The van der Waals surface area contributed by atoms with Gasteiger partial charge < -0.3 is 29.4 Å². The fraction of sp³-hybridized carbons (Fsp3) is 0.652. The molecule has 7 fully saturated rings. The summed E-state index contributed by atoms with van der Waals surface area (Å²) < 4.78 is 24.1. The molecule has 2 amide bonds. The maximum Gasteiger partial charge on any atom is 0.411 e. The number of nitrogens with one attached hydrogen (secondary N) is 2. The second-order valence-corrected chi connectivity index (χ2v) is 18.5. The van der Waals surface area contributed by atoms with Crippen molar-refractivity contribution in [1.82, 2.24) is 5.32 Å². The summed E-state index contributed by atoms with van der Waals surface area (Å²) in [6.07, 6.45) is 9.49. The number of benzene rings is 2. The molecular formula is C46H60N2O11. The predicted molar refractivity (Wildman–Crippen MR) is 214 cm³/mol. The quantitative estimate of drug-likeness (QED) is 0.121. The molecule has 4 bridgehead atoms. The first-order chi connectivity index (χ1) is 28.5. The van der Waals surface area contributed by atoms with Gasteiger partial charge in [0.05, 0.1) is 12.5 Å². The summed E-state index contributed by atoms with van der Waals surface area (Å²) in [6, 6.07) is 14.7. The van der Waals surface area contributed by atoms with Gasteiger partial charge in [0.1, 0.15) is 24.9 Å². The van der Waals surface area contributed by atoms with E-state index in [-0.39, 0.29) is 31.2 Å². The van der Waals surface area contributed by atoms with Crippen LogP contribution in [0.5, 0.6) is 0 Å². The zero-order valence-electron chi connectivity index (χ0n) is 34.3. The molecule has 13 heteroatoms. The van der Waals surface area contributed by atoms with Gasteiger partial charge in [-0.25, -0.2) is 9.59 Å². The molecule has 0 radical (unpaired) electrons. The largest absolute Gasteiger partial charge is 0.461 e. The summed E-state index contributed by atoms with van der Waals surface area (Å²) in [6.45, 7) is 3.43. The van der Waals surface area contributed by atoms with Crippen LogP contribution in [0.4, 0.5) is 10.5 Å². The van der Waals surface area contributed by atoms with Crippen molar-refractivity contribution < 1.29 is 53.0 Å². The fourth-order valence-electron chi connectivity index (χ4n) is 10.9. The fourth-order valence-corrected chi connectivity index (χ4v) is 10.9. The molecule has 0 aromatic heterocycles. The number of hydrogen-bond acceptors (Lipinski definition) is 11. The number of aliphatic hydroxyl groups is 1. The Morgan fingerprint density at radius 2 is 1.51 bits per heavy atom. The third kappa shape index (κ3) is 9.54. The Hall–Kier alpha value is -3.88. The number of ketones is 1. The number of aliphatic hydroxyl groups excluding tert-OH is 1. The van der Waals surface area contributed by atoms with Crippen LogP contribution in [-0.2, 0) is 49.7 Å². The maximum atomic E-state index is 13.7. The van der Waals surface area contributed by atoms with Gasteiger partial charge in [0.2, 0.25) is 17.5 Å². The molecule has 13 nitrogen and oxygen atoms in total. The summed E-state index contributed by atoms with van der Waals surface area (Å²) in [5.74, 6) is -2.22. The van der Waals surface area contributed by atoms with E-state index >= 15 is 0 Å². The molecule has 1 saturated heterocycles. The third-order valence-corrected chi connectivity index (χ3v) is 13.6. The molecule has 7 aliphatic rings. The average Bonchev–Trinajstić information content (AvgIpc) is 3.87. The number of rotatable bonds is 15. The lowest BCUT2D eigenvalue weighted by Gasteiger charge is -2.57. The topological polar surface area (TPSA) is 168 Å². The zero-order valence-corrected chi connectivity index (χ0v) is 34.3. The van der Waals surface area contributed by atoms with Crippen LogP contribution in [-0.4, -0.2) is 65.4 Å². The van der Waals surface area contributed by atoms with Gasteiger partial charge in [-0.1, -0.05) is 56.3 Å². The maximum absolute atomic E-state index is 13.7. The van der Waals surface area contributed by atoms with Gasteiger partial charge in [0.25, 0.3) is 0 Å². The summed E-state index contributed by atoms with van der Waals surface area (Å²) in [7, 11) is 0. The molecule has 2 aromatic rings. The highest BCUT2D eigenvalue weighted by Gasteiger charge is 2.67. The van der Waals surface area contributed by atoms with E-state index in [2.05, 4.69) is 10.6 Å². The normalized spacial score (nSPS) is 31.3. The highest BCUT2D eigenvalue weighted by Crippen LogP contribution is 2.63. The highest BCUT2D eigenvalue weighted by molar-refractivity contribution is 5.93. The van der Waals surface area contributed by atoms with Crippen molar-refractivity contribution in [2.24, 2.45) is 35.5 Å². The lowest BCUT2D eigenvalue weighted by atomic mass is 9.53. The number of anilines is 1. The minimum atomic E-state index is -1.64. The first-order valence-corrected chi connectivity index (χ1v) is 22.0. The lowest BCUT2D eigenvalue weighted by molar-refractivity contribution is -0.390. The molecule has 9 rings (SSSR count). The number of hydrogen-bond donors (Lipinski definition) is 3. The molecule has 3 N–H and O–H groups in total. The van der Waals surface area contributed by atoms with Gasteiger partial charge in [-0.2, -0.15) is 9.78 Å². The molecular weight excluding hydrogens is 757 g/mol. The van der Waals surface area contributed by atoms with Gasteiger partial charge in [-0.15, -0.1) is 0 Å². The van der Waals surface area contributed by atoms with Crippen LogP contribution >= 0.6 is 0 Å². The second kappa shape index (κ2) is 18.0. The van der Waals surface area contributed by atoms with Gasteiger partial charge >= 0.3 is 12.1 Å². The summed E-state index contributed by atoms with van der Waals surface area (Å²) >= 11 is 0. The summed E-state index contributed by atoms with van der Waals surface area (Å²) in [4.78, 5) is 65.4. The van der Waals surface area contributed by atoms with Crippen LogP contribution in [0, 0.1) is 35.5 Å². The predicted octanol–water partition coefficient (Wildman–Crippen LogP) is 7.46. The van der Waals surface area contributed by atoms with Crippen molar-refractivity contribution in [2.75, 3.05) is 11.9 Å². The Kier molecular flexibility index (Phi) is 12.8. The molecule has 6 saturated carbocycles. The molecule has 2 aromatic carbocycles. The van der Waals surface area contributed by atoms with Crippen molar-refractivity contribution >= 4 is 29.4 Å². The van der Waals surface area contributed by atoms with Crippen LogP contribution < -0.4 is 10.6 Å². The van der Waals surface area contributed by atoms with Crippen molar-refractivity contribution in [3.63, 3.8) is 0 Å². The van der Waals surface area contributed by atoms with E-state index in [0.29, 0.717) is 42.3 Å². The van der Waals surface area contributed by atoms with E-state index in [9.17, 15) is 24.3 Å². The molecule has 6 aliphatic carbocycles. The number of amides is 2. The Bertz CT molecular complexity index is 1770. The molecule has 320 valence electrons. The number of Topliss-reactive ketones (excluding diaryl/α,β-unsaturated/α-hetero) is 1. The number of carbonyl (C=O) groups excluding carboxylic acids is 4. The van der Waals surface area contributed by atoms with Crippen LogP contribution in [0.3, 0.4) is 0 Å². The Labute approximate surface area is 346 Å². The van der Waals surface area contributed by atoms with Gasteiger partial charge in [0.15, 0.2) is 11.8 Å². The monoisotopic (exact) mass is 816 g/mol. The van der Waals surface area contributed by atoms with Gasteiger partial charge in [0, 0.05) is 30.4 Å². The van der Waals surface area contributed by atoms with Gasteiger partial charge in [-0.05, 0) is 118 Å². The Morgan fingerprint density at radius 1 is 0.831 bits per heavy atom. The van der Waals surface area contributed by atoms with E-state index in [0.717, 1.165) is 75.2 Å². The molecule has 59 heavy (non-hydrogen) atoms. The van der Waals surface area contributed by atoms with Crippen molar-refractivity contribution in [3.8, 4) is 0 Å². The minimum absolute atomic E-state index is 0.0257. The summed E-state index contributed by atoms with van der Waals surface area (Å²) in [5, 5.41) is 16.8. The van der Waals surface area contributed by atoms with Crippen molar-refractivity contribution in [1.29, 1.82) is 0 Å². The van der Waals surface area contributed by atoms with E-state index in [1.807, 2.05) is 19.9 Å². The molecule has 1 unspecified atom stereocenters. The first kappa shape index (κ1) is 41.8. The van der Waals surface area contributed by atoms with Crippen LogP contribution in [0.2, 0.25) is 0 Å². The van der Waals surface area contributed by atoms with Crippen LogP contribution in [0.1, 0.15) is 121 Å². The second-order valence-electron chi connectivity index (χ2n) is 18.5. The summed E-state index contributed by atoms with van der Waals surface area (Å²) in [5.41, 5.74) is 1.82. The Morgan fingerprint density at radius 3 is 2.19 bits per heavy atom. The number of ether oxygens (including phenoxy) is 4. The van der Waals surface area contributed by atoms with Crippen molar-refractivity contribution in [2.45, 2.75) is 146 Å². The standard InChI is InChI=1S/C46H60N2O11/c1-28(2)19-38(42(51)48-40(32-9-4-3-5-10-32)43(52)55-36-11-6-7-12-36)41(50)39(49)27-54-26-29-14-16-35(17-15-29)47-44(53)56-37-13-8-18-45(25-37)57-46(59-58-45)33-21-30-20-31(23-33)24-34(46)22-30/h3-5,9-10,14-17,28,30-31,33-34,36-38,40-41,50H,6-8,11-13,18-27H2,1-2H3,(H,47,53)(H,48,51)/t30?,31?,33?,34?,37?,38-,40+,41+,45-,46?/m1/s1. The molecule has 1 aliphatic heterocycles.